The van der Waals surface area contributed by atoms with Crippen LogP contribution in [0.5, 0.6) is 0 Å². The van der Waals surface area contributed by atoms with Crippen LogP contribution < -0.4 is 10.6 Å². The summed E-state index contributed by atoms with van der Waals surface area (Å²) in [4.78, 5) is 35.0. The van der Waals surface area contributed by atoms with Gasteiger partial charge in [-0.2, -0.15) is 0 Å². The van der Waals surface area contributed by atoms with Gasteiger partial charge in [0, 0.05) is 13.1 Å². The molecule has 0 aromatic carbocycles. The minimum Gasteiger partial charge on any atom is -0.444 e. The summed E-state index contributed by atoms with van der Waals surface area (Å²) in [7, 11) is 0. The van der Waals surface area contributed by atoms with Gasteiger partial charge in [-0.05, 0) is 28.1 Å². The molecule has 8 heteroatoms. The Balaban J connectivity index is 1.80. The van der Waals surface area contributed by atoms with Crippen molar-refractivity contribution in [2.75, 3.05) is 19.6 Å². The van der Waals surface area contributed by atoms with Crippen molar-refractivity contribution in [3.63, 3.8) is 0 Å². The van der Waals surface area contributed by atoms with E-state index < -0.39 is 11.9 Å². The zero-order chi connectivity index (χ0) is 13.1. The van der Waals surface area contributed by atoms with E-state index in [2.05, 4.69) is 26.6 Å². The molecular weight excluding hydrogens is 306 g/mol. The number of rotatable bonds is 4. The molecule has 0 spiro atoms. The van der Waals surface area contributed by atoms with Crippen LogP contribution in [0.25, 0.3) is 0 Å². The van der Waals surface area contributed by atoms with Crippen molar-refractivity contribution in [3.8, 4) is 0 Å². The number of nitrogens with one attached hydrogen (secondary N) is 2. The first-order valence-electron chi connectivity index (χ1n) is 5.19. The Kier molecular flexibility index (Phi) is 3.66. The highest BCUT2D eigenvalue weighted by Gasteiger charge is 2.27. The number of furan rings is 1. The number of halogens is 1. The van der Waals surface area contributed by atoms with Gasteiger partial charge in [0.2, 0.25) is 5.91 Å². The van der Waals surface area contributed by atoms with E-state index in [1.165, 1.54) is 6.07 Å². The van der Waals surface area contributed by atoms with Crippen LogP contribution in [0.3, 0.4) is 0 Å². The molecule has 1 aromatic rings. The van der Waals surface area contributed by atoms with E-state index >= 15 is 0 Å². The first-order valence-corrected chi connectivity index (χ1v) is 5.99. The second kappa shape index (κ2) is 5.21. The highest BCUT2D eigenvalue weighted by atomic mass is 79.9. The molecule has 0 atom stereocenters. The van der Waals surface area contributed by atoms with Crippen molar-refractivity contribution in [2.24, 2.45) is 0 Å². The number of carbonyl (C=O) groups is 3. The normalized spacial score (nSPS) is 14.8. The summed E-state index contributed by atoms with van der Waals surface area (Å²) in [5.41, 5.74) is 0. The van der Waals surface area contributed by atoms with Crippen LogP contribution in [0.4, 0.5) is 4.79 Å². The van der Waals surface area contributed by atoms with Crippen LogP contribution in [-0.2, 0) is 4.79 Å². The average Bonchev–Trinajstić information content (AvgIpc) is 2.89. The summed E-state index contributed by atoms with van der Waals surface area (Å²) in [5.74, 6) is -0.526. The van der Waals surface area contributed by atoms with Crippen molar-refractivity contribution < 1.29 is 18.8 Å². The fraction of sp³-hybridized carbons (Fsp3) is 0.300. The monoisotopic (exact) mass is 315 g/mol. The fourth-order valence-corrected chi connectivity index (χ4v) is 1.79. The van der Waals surface area contributed by atoms with Gasteiger partial charge in [0.25, 0.3) is 5.91 Å². The maximum Gasteiger partial charge on any atom is 0.324 e. The summed E-state index contributed by atoms with van der Waals surface area (Å²) in [6.07, 6.45) is 0. The van der Waals surface area contributed by atoms with E-state index in [9.17, 15) is 14.4 Å². The molecule has 1 aromatic heterocycles. The predicted molar refractivity (Wildman–Crippen MR) is 63.9 cm³/mol. The maximum atomic E-state index is 11.6. The summed E-state index contributed by atoms with van der Waals surface area (Å²) in [5, 5.41) is 4.95. The summed E-state index contributed by atoms with van der Waals surface area (Å²) in [6.45, 7) is 0.326. The van der Waals surface area contributed by atoms with Crippen LogP contribution in [0.15, 0.2) is 21.2 Å². The van der Waals surface area contributed by atoms with E-state index in [1.807, 2.05) is 0 Å². The van der Waals surface area contributed by atoms with Gasteiger partial charge in [0.15, 0.2) is 10.4 Å². The zero-order valence-electron chi connectivity index (χ0n) is 9.23. The standard InChI is InChI=1S/C10H10BrN3O4/c11-7-2-1-6(18-7)9(16)12-3-4-14-8(15)5-13-10(14)17/h1-2H,3-5H2,(H,12,16)(H,13,17). The van der Waals surface area contributed by atoms with E-state index in [1.54, 1.807) is 6.07 Å². The molecular formula is C10H10BrN3O4. The minimum absolute atomic E-state index is 0.0118. The van der Waals surface area contributed by atoms with Crippen LogP contribution in [0.2, 0.25) is 0 Å². The summed E-state index contributed by atoms with van der Waals surface area (Å²) >= 11 is 3.09. The van der Waals surface area contributed by atoms with Gasteiger partial charge in [0.05, 0.1) is 6.54 Å². The molecule has 2 N–H and O–H groups in total. The third-order valence-electron chi connectivity index (χ3n) is 2.36. The molecule has 1 aliphatic heterocycles. The zero-order valence-corrected chi connectivity index (χ0v) is 10.8. The van der Waals surface area contributed by atoms with Gasteiger partial charge in [-0.15, -0.1) is 0 Å². The van der Waals surface area contributed by atoms with Crippen LogP contribution in [0.1, 0.15) is 10.6 Å². The number of nitrogens with zero attached hydrogens (tertiary/aromatic N) is 1. The molecule has 0 aliphatic carbocycles. The molecule has 2 rings (SSSR count). The van der Waals surface area contributed by atoms with Gasteiger partial charge in [0.1, 0.15) is 0 Å². The highest BCUT2D eigenvalue weighted by molar-refractivity contribution is 9.10. The summed E-state index contributed by atoms with van der Waals surface area (Å²) in [6, 6.07) is 2.69. The summed E-state index contributed by atoms with van der Waals surface area (Å²) < 4.78 is 5.51. The molecule has 0 saturated carbocycles. The minimum atomic E-state index is -0.435. The Hall–Kier alpha value is -1.83. The number of amides is 4. The molecule has 7 nitrogen and oxygen atoms in total. The van der Waals surface area contributed by atoms with Crippen LogP contribution in [-0.4, -0.2) is 42.4 Å². The van der Waals surface area contributed by atoms with Gasteiger partial charge in [-0.3, -0.25) is 14.5 Å². The molecule has 1 fully saturated rings. The number of urea groups is 1. The van der Waals surface area contributed by atoms with E-state index in [0.717, 1.165) is 4.90 Å². The smallest absolute Gasteiger partial charge is 0.324 e. The van der Waals surface area contributed by atoms with Crippen molar-refractivity contribution in [3.05, 3.63) is 22.6 Å². The van der Waals surface area contributed by atoms with E-state index in [4.69, 9.17) is 4.42 Å². The lowest BCUT2D eigenvalue weighted by atomic mass is 10.4. The number of imide groups is 1. The Labute approximate surface area is 111 Å². The molecule has 2 heterocycles. The lowest BCUT2D eigenvalue weighted by molar-refractivity contribution is -0.124. The van der Waals surface area contributed by atoms with E-state index in [0.29, 0.717) is 4.67 Å². The first kappa shape index (κ1) is 12.6. The highest BCUT2D eigenvalue weighted by Crippen LogP contribution is 2.13. The van der Waals surface area contributed by atoms with Crippen LogP contribution in [0, 0.1) is 0 Å². The van der Waals surface area contributed by atoms with Gasteiger partial charge in [-0.25, -0.2) is 4.79 Å². The Bertz CT molecular complexity index is 483. The number of carbonyl (C=O) groups excluding carboxylic acids is 3. The van der Waals surface area contributed by atoms with E-state index in [-0.39, 0.29) is 31.3 Å². The van der Waals surface area contributed by atoms with Crippen LogP contribution >= 0.6 is 15.9 Å². The molecule has 18 heavy (non-hydrogen) atoms. The Morgan fingerprint density at radius 1 is 1.50 bits per heavy atom. The van der Waals surface area contributed by atoms with Crippen molar-refractivity contribution in [2.45, 2.75) is 0 Å². The lowest BCUT2D eigenvalue weighted by Gasteiger charge is -2.12. The molecule has 0 radical (unpaired) electrons. The maximum absolute atomic E-state index is 11.6. The third kappa shape index (κ3) is 2.70. The van der Waals surface area contributed by atoms with Gasteiger partial charge < -0.3 is 15.1 Å². The second-order valence-electron chi connectivity index (χ2n) is 3.56. The average molecular weight is 316 g/mol. The first-order chi connectivity index (χ1) is 8.58. The molecule has 96 valence electrons. The number of hydrogen-bond acceptors (Lipinski definition) is 4. The van der Waals surface area contributed by atoms with Gasteiger partial charge >= 0.3 is 6.03 Å². The molecule has 4 amide bonds. The van der Waals surface area contributed by atoms with Gasteiger partial charge in [-0.1, -0.05) is 0 Å². The SMILES string of the molecule is O=C(NCCN1C(=O)CNC1=O)c1ccc(Br)o1. The Morgan fingerprint density at radius 3 is 2.83 bits per heavy atom. The quantitative estimate of drug-likeness (QED) is 0.783. The third-order valence-corrected chi connectivity index (χ3v) is 2.78. The topological polar surface area (TPSA) is 91.7 Å². The largest absolute Gasteiger partial charge is 0.444 e. The molecule has 0 bridgehead atoms. The molecule has 1 saturated heterocycles. The molecule has 0 unspecified atom stereocenters. The lowest BCUT2D eigenvalue weighted by Crippen LogP contribution is -2.38. The van der Waals surface area contributed by atoms with Crippen molar-refractivity contribution in [1.82, 2.24) is 15.5 Å². The van der Waals surface area contributed by atoms with Crippen molar-refractivity contribution >= 4 is 33.8 Å². The Morgan fingerprint density at radius 2 is 2.28 bits per heavy atom. The number of hydrogen-bond donors (Lipinski definition) is 2. The van der Waals surface area contributed by atoms with Crippen molar-refractivity contribution in [1.29, 1.82) is 0 Å². The second-order valence-corrected chi connectivity index (χ2v) is 4.35. The fourth-order valence-electron chi connectivity index (χ4n) is 1.49. The predicted octanol–water partition coefficient (Wildman–Crippen LogP) is 0.324. The molecule has 1 aliphatic rings.